The molecule has 0 bridgehead atoms. The molecule has 6 heteroatoms. The summed E-state index contributed by atoms with van der Waals surface area (Å²) in [6, 6.07) is 8.31. The Bertz CT molecular complexity index is 925. The van der Waals surface area contributed by atoms with Gasteiger partial charge in [-0.2, -0.15) is 0 Å². The Kier molecular flexibility index (Phi) is 7.09. The molecule has 1 N–H and O–H groups in total. The van der Waals surface area contributed by atoms with Crippen molar-refractivity contribution in [1.29, 1.82) is 0 Å². The fraction of sp³-hybridized carbons (Fsp3) is 0.375. The van der Waals surface area contributed by atoms with Crippen LogP contribution in [0.4, 0.5) is 5.69 Å². The Labute approximate surface area is 184 Å². The van der Waals surface area contributed by atoms with Crippen LogP contribution in [0.15, 0.2) is 55.4 Å². The number of amides is 2. The summed E-state index contributed by atoms with van der Waals surface area (Å²) in [7, 11) is 0. The molecule has 0 aliphatic carbocycles. The minimum atomic E-state index is -0.957. The van der Waals surface area contributed by atoms with E-state index in [1.54, 1.807) is 12.3 Å². The number of rotatable bonds is 5. The first-order valence-corrected chi connectivity index (χ1v) is 10.2. The maximum absolute atomic E-state index is 13.3. The lowest BCUT2D eigenvalue weighted by Gasteiger charge is -2.33. The summed E-state index contributed by atoms with van der Waals surface area (Å²) in [5.41, 5.74) is 1.70. The molecule has 1 heterocycles. The van der Waals surface area contributed by atoms with Gasteiger partial charge in [0.2, 0.25) is 5.91 Å². The summed E-state index contributed by atoms with van der Waals surface area (Å²) < 4.78 is 0. The molecule has 1 atom stereocenters. The highest BCUT2D eigenvalue weighted by molar-refractivity contribution is 6.30. The van der Waals surface area contributed by atoms with E-state index in [9.17, 15) is 9.59 Å². The molecule has 1 unspecified atom stereocenters. The number of hydrogen-bond acceptors (Lipinski definition) is 3. The van der Waals surface area contributed by atoms with E-state index in [1.807, 2.05) is 45.0 Å². The normalized spacial score (nSPS) is 12.8. The molecule has 0 saturated heterocycles. The molecule has 5 nitrogen and oxygen atoms in total. The van der Waals surface area contributed by atoms with Gasteiger partial charge in [-0.15, -0.1) is 0 Å². The largest absolute Gasteiger partial charge is 0.349 e. The topological polar surface area (TPSA) is 62.3 Å². The van der Waals surface area contributed by atoms with E-state index in [-0.39, 0.29) is 11.3 Å². The Morgan fingerprint density at radius 1 is 1.10 bits per heavy atom. The molecular formula is C24H30ClN3O2. The van der Waals surface area contributed by atoms with Gasteiger partial charge in [-0.1, -0.05) is 51.1 Å². The zero-order chi connectivity index (χ0) is 22.7. The molecule has 2 amide bonds. The molecule has 0 aliphatic rings. The number of pyridine rings is 1. The monoisotopic (exact) mass is 427 g/mol. The van der Waals surface area contributed by atoms with Crippen LogP contribution >= 0.6 is 11.6 Å². The molecule has 0 saturated carbocycles. The van der Waals surface area contributed by atoms with Crippen molar-refractivity contribution in [2.24, 2.45) is 0 Å². The highest BCUT2D eigenvalue weighted by Crippen LogP contribution is 2.32. The zero-order valence-corrected chi connectivity index (χ0v) is 19.2. The predicted octanol–water partition coefficient (Wildman–Crippen LogP) is 5.21. The van der Waals surface area contributed by atoms with Crippen LogP contribution in [0.1, 0.15) is 58.7 Å². The maximum Gasteiger partial charge on any atom is 0.251 e. The Hall–Kier alpha value is -2.66. The van der Waals surface area contributed by atoms with E-state index >= 15 is 0 Å². The van der Waals surface area contributed by atoms with Crippen LogP contribution in [0, 0.1) is 0 Å². The van der Waals surface area contributed by atoms with Gasteiger partial charge >= 0.3 is 0 Å². The van der Waals surface area contributed by atoms with Gasteiger partial charge < -0.3 is 5.32 Å². The first-order valence-electron chi connectivity index (χ1n) is 9.82. The summed E-state index contributed by atoms with van der Waals surface area (Å²) >= 11 is 6.14. The molecule has 0 fully saturated rings. The lowest BCUT2D eigenvalue weighted by molar-refractivity contribution is -0.126. The number of nitrogens with zero attached hydrogens (tertiary/aromatic N) is 2. The van der Waals surface area contributed by atoms with Crippen LogP contribution in [-0.4, -0.2) is 22.3 Å². The lowest BCUT2D eigenvalue weighted by Crippen LogP contribution is -2.49. The molecular weight excluding hydrogens is 398 g/mol. The number of halogens is 1. The van der Waals surface area contributed by atoms with Gasteiger partial charge in [0.05, 0.1) is 5.02 Å². The highest BCUT2D eigenvalue weighted by Gasteiger charge is 2.34. The second-order valence-electron chi connectivity index (χ2n) is 9.29. The molecule has 0 spiro atoms. The fourth-order valence-electron chi connectivity index (χ4n) is 3.06. The van der Waals surface area contributed by atoms with Crippen molar-refractivity contribution in [1.82, 2.24) is 10.3 Å². The smallest absolute Gasteiger partial charge is 0.251 e. The molecule has 0 aliphatic heterocycles. The van der Waals surface area contributed by atoms with E-state index < -0.39 is 17.5 Å². The minimum Gasteiger partial charge on any atom is -0.349 e. The summed E-state index contributed by atoms with van der Waals surface area (Å²) in [4.78, 5) is 31.8. The molecule has 1 aromatic heterocycles. The Balaban J connectivity index is 2.63. The summed E-state index contributed by atoms with van der Waals surface area (Å²) in [5, 5.41) is 3.35. The average Bonchev–Trinajstić information content (AvgIpc) is 2.63. The lowest BCUT2D eigenvalue weighted by atomic mass is 9.87. The fourth-order valence-corrected chi connectivity index (χ4v) is 3.24. The van der Waals surface area contributed by atoms with Crippen LogP contribution in [0.5, 0.6) is 0 Å². The average molecular weight is 428 g/mol. The van der Waals surface area contributed by atoms with E-state index in [2.05, 4.69) is 37.7 Å². The predicted molar refractivity (Wildman–Crippen MR) is 123 cm³/mol. The number of anilines is 1. The molecule has 160 valence electrons. The van der Waals surface area contributed by atoms with Gasteiger partial charge in [-0.3, -0.25) is 19.5 Å². The van der Waals surface area contributed by atoms with Crippen LogP contribution in [0.25, 0.3) is 0 Å². The quantitative estimate of drug-likeness (QED) is 0.666. The van der Waals surface area contributed by atoms with Crippen molar-refractivity contribution in [3.8, 4) is 0 Å². The van der Waals surface area contributed by atoms with Crippen molar-refractivity contribution in [3.05, 3.63) is 71.5 Å². The molecule has 2 rings (SSSR count). The molecule has 0 radical (unpaired) electrons. The zero-order valence-electron chi connectivity index (χ0n) is 18.5. The number of hydrogen-bond donors (Lipinski definition) is 1. The van der Waals surface area contributed by atoms with Crippen molar-refractivity contribution in [3.63, 3.8) is 0 Å². The van der Waals surface area contributed by atoms with E-state index in [4.69, 9.17) is 11.6 Å². The number of aromatic nitrogens is 1. The SMILES string of the molecule is C=CC(=O)N(c1ccc(C(C)(C)C)cc1)C(C(=O)NC(C)(C)C)c1cncc(Cl)c1. The summed E-state index contributed by atoms with van der Waals surface area (Å²) in [6.07, 6.45) is 4.24. The van der Waals surface area contributed by atoms with Crippen LogP contribution in [0.2, 0.25) is 5.02 Å². The van der Waals surface area contributed by atoms with Crippen molar-refractivity contribution in [2.45, 2.75) is 58.5 Å². The van der Waals surface area contributed by atoms with Gasteiger partial charge in [0.1, 0.15) is 6.04 Å². The maximum atomic E-state index is 13.3. The third kappa shape index (κ3) is 5.92. The van der Waals surface area contributed by atoms with Crippen LogP contribution in [0.3, 0.4) is 0 Å². The summed E-state index contributed by atoms with van der Waals surface area (Å²) in [6.45, 7) is 15.6. The van der Waals surface area contributed by atoms with Crippen LogP contribution in [-0.2, 0) is 15.0 Å². The number of carbonyl (C=O) groups excluding carboxylic acids is 2. The van der Waals surface area contributed by atoms with Crippen molar-refractivity contribution >= 4 is 29.1 Å². The first kappa shape index (κ1) is 23.6. The molecule has 2 aromatic rings. The Morgan fingerprint density at radius 2 is 1.70 bits per heavy atom. The third-order valence-corrected chi connectivity index (χ3v) is 4.68. The second-order valence-corrected chi connectivity index (χ2v) is 9.72. The number of carbonyl (C=O) groups is 2. The van der Waals surface area contributed by atoms with Crippen molar-refractivity contribution in [2.75, 3.05) is 4.90 Å². The van der Waals surface area contributed by atoms with Gasteiger partial charge in [-0.05, 0) is 56.0 Å². The standard InChI is InChI=1S/C24H30ClN3O2/c1-8-20(29)28(19-11-9-17(10-12-19)23(2,3)4)21(22(30)27-24(5,6)7)16-13-18(25)15-26-14-16/h8-15,21H,1H2,2-7H3,(H,27,30). The summed E-state index contributed by atoms with van der Waals surface area (Å²) in [5.74, 6) is -0.728. The Morgan fingerprint density at radius 3 is 2.17 bits per heavy atom. The second kappa shape index (κ2) is 9.00. The van der Waals surface area contributed by atoms with Gasteiger partial charge in [0.25, 0.3) is 5.91 Å². The van der Waals surface area contributed by atoms with Gasteiger partial charge in [-0.25, -0.2) is 0 Å². The van der Waals surface area contributed by atoms with Crippen LogP contribution < -0.4 is 10.2 Å². The molecule has 1 aromatic carbocycles. The van der Waals surface area contributed by atoms with E-state index in [0.29, 0.717) is 16.3 Å². The van der Waals surface area contributed by atoms with E-state index in [0.717, 1.165) is 5.56 Å². The number of nitrogens with one attached hydrogen (secondary N) is 1. The minimum absolute atomic E-state index is 0.0360. The molecule has 30 heavy (non-hydrogen) atoms. The first-order chi connectivity index (χ1) is 13.8. The van der Waals surface area contributed by atoms with Crippen molar-refractivity contribution < 1.29 is 9.59 Å². The number of benzene rings is 1. The van der Waals surface area contributed by atoms with Gasteiger partial charge in [0.15, 0.2) is 0 Å². The highest BCUT2D eigenvalue weighted by atomic mass is 35.5. The third-order valence-electron chi connectivity index (χ3n) is 4.47. The van der Waals surface area contributed by atoms with E-state index in [1.165, 1.54) is 17.2 Å². The van der Waals surface area contributed by atoms with Gasteiger partial charge in [0, 0.05) is 29.2 Å².